The number of nitrogens with one attached hydrogen (secondary N) is 1. The molecule has 0 unspecified atom stereocenters. The molecule has 0 spiro atoms. The van der Waals surface area contributed by atoms with Gasteiger partial charge in [0.25, 0.3) is 0 Å². The highest BCUT2D eigenvalue weighted by molar-refractivity contribution is 9.10. The molecule has 0 heterocycles. The lowest BCUT2D eigenvalue weighted by molar-refractivity contribution is -0.123. The van der Waals surface area contributed by atoms with Gasteiger partial charge in [-0.15, -0.1) is 0 Å². The van der Waals surface area contributed by atoms with Crippen molar-refractivity contribution in [2.45, 2.75) is 32.7 Å². The fraction of sp³-hybridized carbons (Fsp3) is 0.462. The minimum Gasteiger partial charge on any atom is -0.306 e. The Kier molecular flexibility index (Phi) is 5.17. The lowest BCUT2D eigenvalue weighted by Gasteiger charge is -2.24. The summed E-state index contributed by atoms with van der Waals surface area (Å²) < 4.78 is 0.921. The van der Waals surface area contributed by atoms with Crippen molar-refractivity contribution in [3.05, 3.63) is 33.3 Å². The van der Waals surface area contributed by atoms with Crippen molar-refractivity contribution < 1.29 is 4.79 Å². The van der Waals surface area contributed by atoms with Crippen LogP contribution in [0.25, 0.3) is 0 Å². The van der Waals surface area contributed by atoms with E-state index in [1.165, 1.54) is 0 Å². The molecule has 0 atom stereocenters. The van der Waals surface area contributed by atoms with Crippen LogP contribution in [0.1, 0.15) is 26.3 Å². The zero-order valence-electron chi connectivity index (χ0n) is 10.3. The molecule has 1 aromatic carbocycles. The molecule has 2 nitrogen and oxygen atoms in total. The quantitative estimate of drug-likeness (QED) is 0.898. The predicted octanol–water partition coefficient (Wildman–Crippen LogP) is 3.60. The first-order chi connectivity index (χ1) is 7.86. The number of halogens is 2. The number of carbonyl (C=O) groups excluding carboxylic acids is 1. The van der Waals surface area contributed by atoms with Gasteiger partial charge in [-0.25, -0.2) is 0 Å². The third kappa shape index (κ3) is 4.09. The van der Waals surface area contributed by atoms with Gasteiger partial charge in [-0.05, 0) is 38.1 Å². The van der Waals surface area contributed by atoms with Gasteiger partial charge in [-0.1, -0.05) is 40.5 Å². The molecule has 0 amide bonds. The summed E-state index contributed by atoms with van der Waals surface area (Å²) >= 11 is 9.44. The van der Waals surface area contributed by atoms with Crippen LogP contribution in [-0.2, 0) is 11.2 Å². The van der Waals surface area contributed by atoms with E-state index in [0.29, 0.717) is 11.4 Å². The van der Waals surface area contributed by atoms with Crippen LogP contribution in [0.4, 0.5) is 0 Å². The lowest BCUT2D eigenvalue weighted by Crippen LogP contribution is -2.47. The van der Waals surface area contributed by atoms with Crippen LogP contribution in [0.2, 0.25) is 5.02 Å². The number of carbonyl (C=O) groups is 1. The average molecular weight is 319 g/mol. The first kappa shape index (κ1) is 14.7. The van der Waals surface area contributed by atoms with E-state index in [1.807, 2.05) is 39.0 Å². The number of rotatable bonds is 5. The summed E-state index contributed by atoms with van der Waals surface area (Å²) in [7, 11) is 0. The Morgan fingerprint density at radius 3 is 2.65 bits per heavy atom. The molecule has 0 aliphatic rings. The summed E-state index contributed by atoms with van der Waals surface area (Å²) in [6, 6.07) is 5.59. The van der Waals surface area contributed by atoms with Crippen LogP contribution < -0.4 is 5.32 Å². The highest BCUT2D eigenvalue weighted by atomic mass is 79.9. The molecule has 0 radical (unpaired) electrons. The topological polar surface area (TPSA) is 29.1 Å². The Balaban J connectivity index is 2.81. The van der Waals surface area contributed by atoms with Gasteiger partial charge in [-0.3, -0.25) is 4.79 Å². The van der Waals surface area contributed by atoms with E-state index >= 15 is 0 Å². The molecule has 0 bridgehead atoms. The maximum absolute atomic E-state index is 12.1. The summed E-state index contributed by atoms with van der Waals surface area (Å²) in [6.45, 7) is 6.55. The summed E-state index contributed by atoms with van der Waals surface area (Å²) in [6.07, 6.45) is 0.353. The molecule has 1 N–H and O–H groups in total. The average Bonchev–Trinajstić information content (AvgIpc) is 2.22. The van der Waals surface area contributed by atoms with Gasteiger partial charge in [0, 0.05) is 15.9 Å². The van der Waals surface area contributed by atoms with E-state index in [4.69, 9.17) is 11.6 Å². The first-order valence-electron chi connectivity index (χ1n) is 5.59. The minimum atomic E-state index is -0.509. The van der Waals surface area contributed by atoms with E-state index in [1.54, 1.807) is 0 Å². The molecule has 1 rings (SSSR count). The number of Topliss-reactive ketones (excluding diaryl/α,β-unsaturated/α-hetero) is 1. The highest BCUT2D eigenvalue weighted by Crippen LogP contribution is 2.23. The number of benzene rings is 1. The van der Waals surface area contributed by atoms with Crippen molar-refractivity contribution in [2.75, 3.05) is 6.54 Å². The van der Waals surface area contributed by atoms with E-state index in [-0.39, 0.29) is 5.78 Å². The molecule has 17 heavy (non-hydrogen) atoms. The van der Waals surface area contributed by atoms with Crippen LogP contribution in [0.15, 0.2) is 22.7 Å². The summed E-state index contributed by atoms with van der Waals surface area (Å²) in [5.74, 6) is 0.142. The van der Waals surface area contributed by atoms with E-state index < -0.39 is 5.54 Å². The van der Waals surface area contributed by atoms with Crippen LogP contribution in [0.3, 0.4) is 0 Å². The van der Waals surface area contributed by atoms with Crippen molar-refractivity contribution in [1.29, 1.82) is 0 Å². The number of likely N-dealkylation sites (N-methyl/N-ethyl adjacent to an activating group) is 1. The van der Waals surface area contributed by atoms with Crippen molar-refractivity contribution in [2.24, 2.45) is 0 Å². The zero-order valence-corrected chi connectivity index (χ0v) is 12.7. The van der Waals surface area contributed by atoms with Gasteiger partial charge >= 0.3 is 0 Å². The molecule has 0 saturated heterocycles. The standard InChI is InChI=1S/C13H17BrClNO/c1-4-16-13(2,3)12(17)7-9-5-6-10(14)8-11(9)15/h5-6,8,16H,4,7H2,1-3H3. The van der Waals surface area contributed by atoms with Crippen molar-refractivity contribution in [3.8, 4) is 0 Å². The monoisotopic (exact) mass is 317 g/mol. The maximum atomic E-state index is 12.1. The van der Waals surface area contributed by atoms with Gasteiger partial charge in [0.05, 0.1) is 5.54 Å². The molecule has 0 fully saturated rings. The molecule has 0 aliphatic heterocycles. The predicted molar refractivity (Wildman–Crippen MR) is 75.6 cm³/mol. The van der Waals surface area contributed by atoms with Crippen LogP contribution >= 0.6 is 27.5 Å². The Bertz CT molecular complexity index is 418. The second kappa shape index (κ2) is 5.98. The third-order valence-corrected chi connectivity index (χ3v) is 3.53. The van der Waals surface area contributed by atoms with Crippen molar-refractivity contribution in [1.82, 2.24) is 5.32 Å². The summed E-state index contributed by atoms with van der Waals surface area (Å²) in [5, 5.41) is 3.80. The van der Waals surface area contributed by atoms with Crippen LogP contribution in [0, 0.1) is 0 Å². The molecule has 4 heteroatoms. The second-order valence-corrected chi connectivity index (χ2v) is 5.81. The Morgan fingerprint density at radius 2 is 2.12 bits per heavy atom. The smallest absolute Gasteiger partial charge is 0.156 e. The van der Waals surface area contributed by atoms with E-state index in [9.17, 15) is 4.79 Å². The lowest BCUT2D eigenvalue weighted by atomic mass is 9.93. The SMILES string of the molecule is CCNC(C)(C)C(=O)Cc1ccc(Br)cc1Cl. The molecule has 0 aliphatic carbocycles. The van der Waals surface area contributed by atoms with Gasteiger partial charge in [0.1, 0.15) is 0 Å². The molecule has 0 aromatic heterocycles. The first-order valence-corrected chi connectivity index (χ1v) is 6.76. The molecule has 0 saturated carbocycles. The Labute approximate surface area is 116 Å². The second-order valence-electron chi connectivity index (χ2n) is 4.49. The highest BCUT2D eigenvalue weighted by Gasteiger charge is 2.26. The van der Waals surface area contributed by atoms with E-state index in [2.05, 4.69) is 21.2 Å². The summed E-state index contributed by atoms with van der Waals surface area (Å²) in [4.78, 5) is 12.1. The number of hydrogen-bond donors (Lipinski definition) is 1. The van der Waals surface area contributed by atoms with Crippen molar-refractivity contribution in [3.63, 3.8) is 0 Å². The van der Waals surface area contributed by atoms with Crippen LogP contribution in [-0.4, -0.2) is 17.9 Å². The molecule has 94 valence electrons. The van der Waals surface area contributed by atoms with Gasteiger partial charge in [0.15, 0.2) is 5.78 Å². The van der Waals surface area contributed by atoms with Gasteiger partial charge in [0.2, 0.25) is 0 Å². The largest absolute Gasteiger partial charge is 0.306 e. The Morgan fingerprint density at radius 1 is 1.47 bits per heavy atom. The van der Waals surface area contributed by atoms with Crippen LogP contribution in [0.5, 0.6) is 0 Å². The number of ketones is 1. The maximum Gasteiger partial charge on any atom is 0.156 e. The third-order valence-electron chi connectivity index (χ3n) is 2.68. The Hall–Kier alpha value is -0.380. The minimum absolute atomic E-state index is 0.142. The summed E-state index contributed by atoms with van der Waals surface area (Å²) in [5.41, 5.74) is 0.358. The fourth-order valence-corrected chi connectivity index (χ4v) is 2.34. The van der Waals surface area contributed by atoms with E-state index in [0.717, 1.165) is 16.6 Å². The normalized spacial score (nSPS) is 11.6. The molecule has 1 aromatic rings. The fourth-order valence-electron chi connectivity index (χ4n) is 1.60. The molecular formula is C13H17BrClNO. The van der Waals surface area contributed by atoms with Crippen molar-refractivity contribution >= 4 is 33.3 Å². The zero-order chi connectivity index (χ0) is 13.1. The number of hydrogen-bond acceptors (Lipinski definition) is 2. The molecular weight excluding hydrogens is 302 g/mol. The van der Waals surface area contributed by atoms with Gasteiger partial charge < -0.3 is 5.32 Å². The van der Waals surface area contributed by atoms with Gasteiger partial charge in [-0.2, -0.15) is 0 Å².